The molecule has 2 rings (SSSR count). The fourth-order valence-corrected chi connectivity index (χ4v) is 2.22. The Kier molecular flexibility index (Phi) is 3.54. The second-order valence-electron chi connectivity index (χ2n) is 4.20. The predicted molar refractivity (Wildman–Crippen MR) is 62.6 cm³/mol. The third-order valence-corrected chi connectivity index (χ3v) is 3.07. The number of nitrogens with zero attached hydrogens (tertiary/aromatic N) is 1. The van der Waals surface area contributed by atoms with Gasteiger partial charge in [-0.3, -0.25) is 15.1 Å². The number of rotatable bonds is 3. The standard InChI is InChI=1S/C12H17N3O/c13-14-12(16)9-15-7-6-11(8-15)10-4-2-1-3-5-10/h1-5,11H,6-9,13H2,(H,14,16)/t11-/m1/s1. The fourth-order valence-electron chi connectivity index (χ4n) is 2.22. The summed E-state index contributed by atoms with van der Waals surface area (Å²) in [4.78, 5) is 13.3. The van der Waals surface area contributed by atoms with Crippen molar-refractivity contribution in [2.75, 3.05) is 19.6 Å². The maximum absolute atomic E-state index is 11.1. The maximum atomic E-state index is 11.1. The van der Waals surface area contributed by atoms with Gasteiger partial charge in [0.2, 0.25) is 5.91 Å². The van der Waals surface area contributed by atoms with Gasteiger partial charge in [0, 0.05) is 6.54 Å². The Bertz CT molecular complexity index is 353. The normalized spacial score (nSPS) is 20.9. The van der Waals surface area contributed by atoms with E-state index in [2.05, 4.69) is 34.6 Å². The lowest BCUT2D eigenvalue weighted by atomic mass is 9.99. The van der Waals surface area contributed by atoms with Crippen molar-refractivity contribution in [3.63, 3.8) is 0 Å². The zero-order chi connectivity index (χ0) is 11.4. The van der Waals surface area contributed by atoms with Crippen molar-refractivity contribution in [1.29, 1.82) is 0 Å². The van der Waals surface area contributed by atoms with E-state index in [0.29, 0.717) is 12.5 Å². The van der Waals surface area contributed by atoms with Gasteiger partial charge in [-0.05, 0) is 24.4 Å². The maximum Gasteiger partial charge on any atom is 0.248 e. The molecule has 0 aliphatic carbocycles. The molecule has 0 saturated carbocycles. The van der Waals surface area contributed by atoms with Gasteiger partial charge >= 0.3 is 0 Å². The molecule has 1 aliphatic heterocycles. The Morgan fingerprint density at radius 2 is 2.19 bits per heavy atom. The van der Waals surface area contributed by atoms with Gasteiger partial charge in [-0.2, -0.15) is 0 Å². The lowest BCUT2D eigenvalue weighted by molar-refractivity contribution is -0.122. The summed E-state index contributed by atoms with van der Waals surface area (Å²) in [7, 11) is 0. The molecule has 0 unspecified atom stereocenters. The van der Waals surface area contributed by atoms with Gasteiger partial charge in [-0.1, -0.05) is 30.3 Å². The van der Waals surface area contributed by atoms with E-state index in [-0.39, 0.29) is 5.91 Å². The van der Waals surface area contributed by atoms with Crippen molar-refractivity contribution in [3.05, 3.63) is 35.9 Å². The quantitative estimate of drug-likeness (QED) is 0.441. The summed E-state index contributed by atoms with van der Waals surface area (Å²) in [5.74, 6) is 5.50. The van der Waals surface area contributed by atoms with Crippen LogP contribution in [0, 0.1) is 0 Å². The van der Waals surface area contributed by atoms with Crippen molar-refractivity contribution < 1.29 is 4.79 Å². The van der Waals surface area contributed by atoms with Crippen LogP contribution in [0.5, 0.6) is 0 Å². The molecule has 0 radical (unpaired) electrons. The molecular formula is C12H17N3O. The average Bonchev–Trinajstić information content (AvgIpc) is 2.78. The highest BCUT2D eigenvalue weighted by Gasteiger charge is 2.24. The van der Waals surface area contributed by atoms with E-state index in [1.54, 1.807) is 0 Å². The van der Waals surface area contributed by atoms with Gasteiger partial charge in [0.15, 0.2) is 0 Å². The van der Waals surface area contributed by atoms with Gasteiger partial charge in [-0.15, -0.1) is 0 Å². The molecule has 0 aromatic heterocycles. The molecule has 16 heavy (non-hydrogen) atoms. The number of hydrazine groups is 1. The highest BCUT2D eigenvalue weighted by Crippen LogP contribution is 2.26. The molecular weight excluding hydrogens is 202 g/mol. The molecule has 0 spiro atoms. The van der Waals surface area contributed by atoms with E-state index < -0.39 is 0 Å². The second-order valence-corrected chi connectivity index (χ2v) is 4.20. The highest BCUT2D eigenvalue weighted by molar-refractivity contribution is 5.77. The highest BCUT2D eigenvalue weighted by atomic mass is 16.2. The molecule has 0 bridgehead atoms. The van der Waals surface area contributed by atoms with Crippen LogP contribution in [-0.2, 0) is 4.79 Å². The smallest absolute Gasteiger partial charge is 0.248 e. The summed E-state index contributed by atoms with van der Waals surface area (Å²) in [5, 5.41) is 0. The van der Waals surface area contributed by atoms with Gasteiger partial charge < -0.3 is 0 Å². The third-order valence-electron chi connectivity index (χ3n) is 3.07. The van der Waals surface area contributed by atoms with E-state index >= 15 is 0 Å². The fraction of sp³-hybridized carbons (Fsp3) is 0.417. The van der Waals surface area contributed by atoms with Crippen LogP contribution in [0.3, 0.4) is 0 Å². The molecule has 3 N–H and O–H groups in total. The molecule has 1 amide bonds. The summed E-state index contributed by atoms with van der Waals surface area (Å²) in [6, 6.07) is 10.4. The number of carbonyl (C=O) groups is 1. The SMILES string of the molecule is NNC(=O)CN1CC[C@@H](c2ccccc2)C1. The molecule has 1 aromatic carbocycles. The van der Waals surface area contributed by atoms with Crippen LogP contribution in [0.15, 0.2) is 30.3 Å². The van der Waals surface area contributed by atoms with Crippen molar-refractivity contribution in [1.82, 2.24) is 10.3 Å². The number of nitrogens with two attached hydrogens (primary N) is 1. The number of carbonyl (C=O) groups excluding carboxylic acids is 1. The minimum atomic E-state index is -0.117. The largest absolute Gasteiger partial charge is 0.294 e. The Balaban J connectivity index is 1.91. The lowest BCUT2D eigenvalue weighted by Gasteiger charge is -2.14. The van der Waals surface area contributed by atoms with E-state index in [1.807, 2.05) is 6.07 Å². The van der Waals surface area contributed by atoms with E-state index in [4.69, 9.17) is 5.84 Å². The molecule has 86 valence electrons. The first-order valence-electron chi connectivity index (χ1n) is 5.56. The summed E-state index contributed by atoms with van der Waals surface area (Å²) < 4.78 is 0. The number of amides is 1. The first kappa shape index (κ1) is 11.1. The minimum Gasteiger partial charge on any atom is -0.294 e. The van der Waals surface area contributed by atoms with Gasteiger partial charge in [-0.25, -0.2) is 5.84 Å². The molecule has 1 atom stereocenters. The van der Waals surface area contributed by atoms with Crippen LogP contribution in [0.25, 0.3) is 0 Å². The zero-order valence-corrected chi connectivity index (χ0v) is 9.23. The number of benzene rings is 1. The summed E-state index contributed by atoms with van der Waals surface area (Å²) in [6.07, 6.45) is 1.11. The second kappa shape index (κ2) is 5.09. The molecule has 1 aromatic rings. The number of nitrogens with one attached hydrogen (secondary N) is 1. The molecule has 4 heteroatoms. The van der Waals surface area contributed by atoms with Gasteiger partial charge in [0.1, 0.15) is 0 Å². The molecule has 1 heterocycles. The van der Waals surface area contributed by atoms with Crippen LogP contribution in [0.1, 0.15) is 17.9 Å². The molecule has 1 fully saturated rings. The Hall–Kier alpha value is -1.39. The van der Waals surface area contributed by atoms with Crippen LogP contribution < -0.4 is 11.3 Å². The van der Waals surface area contributed by atoms with Crippen LogP contribution in [0.2, 0.25) is 0 Å². The first-order valence-corrected chi connectivity index (χ1v) is 5.56. The van der Waals surface area contributed by atoms with Crippen molar-refractivity contribution >= 4 is 5.91 Å². The number of hydrogen-bond donors (Lipinski definition) is 2. The van der Waals surface area contributed by atoms with Crippen LogP contribution in [0.4, 0.5) is 0 Å². The topological polar surface area (TPSA) is 58.4 Å². The van der Waals surface area contributed by atoms with E-state index in [1.165, 1.54) is 5.56 Å². The molecule has 1 aliphatic rings. The van der Waals surface area contributed by atoms with Gasteiger partial charge in [0.25, 0.3) is 0 Å². The lowest BCUT2D eigenvalue weighted by Crippen LogP contribution is -2.39. The Morgan fingerprint density at radius 1 is 1.44 bits per heavy atom. The van der Waals surface area contributed by atoms with E-state index in [0.717, 1.165) is 19.5 Å². The molecule has 4 nitrogen and oxygen atoms in total. The monoisotopic (exact) mass is 219 g/mol. The van der Waals surface area contributed by atoms with Crippen LogP contribution in [-0.4, -0.2) is 30.4 Å². The average molecular weight is 219 g/mol. The number of hydrogen-bond acceptors (Lipinski definition) is 3. The van der Waals surface area contributed by atoms with Gasteiger partial charge in [0.05, 0.1) is 6.54 Å². The van der Waals surface area contributed by atoms with Crippen molar-refractivity contribution in [3.8, 4) is 0 Å². The summed E-state index contributed by atoms with van der Waals surface area (Å²) >= 11 is 0. The minimum absolute atomic E-state index is 0.117. The predicted octanol–water partition coefficient (Wildman–Crippen LogP) is 0.466. The van der Waals surface area contributed by atoms with Crippen molar-refractivity contribution in [2.45, 2.75) is 12.3 Å². The van der Waals surface area contributed by atoms with Crippen LogP contribution >= 0.6 is 0 Å². The third kappa shape index (κ3) is 2.59. The first-order chi connectivity index (χ1) is 7.79. The molecule has 1 saturated heterocycles. The van der Waals surface area contributed by atoms with E-state index in [9.17, 15) is 4.79 Å². The van der Waals surface area contributed by atoms with Crippen molar-refractivity contribution in [2.24, 2.45) is 5.84 Å². The Labute approximate surface area is 95.4 Å². The Morgan fingerprint density at radius 3 is 2.88 bits per heavy atom. The summed E-state index contributed by atoms with van der Waals surface area (Å²) in [5.41, 5.74) is 3.53. The zero-order valence-electron chi connectivity index (χ0n) is 9.23. The number of likely N-dealkylation sites (tertiary alicyclic amines) is 1. The summed E-state index contributed by atoms with van der Waals surface area (Å²) in [6.45, 7) is 2.31.